The predicted molar refractivity (Wildman–Crippen MR) is 87.6 cm³/mol. The van der Waals surface area contributed by atoms with Gasteiger partial charge in [-0.05, 0) is 36.3 Å². The first-order valence-corrected chi connectivity index (χ1v) is 6.86. The monoisotopic (exact) mass is 298 g/mol. The highest BCUT2D eigenvalue weighted by Gasteiger charge is 2.08. The van der Waals surface area contributed by atoms with Gasteiger partial charge in [-0.2, -0.15) is 5.10 Å². The van der Waals surface area contributed by atoms with Crippen molar-refractivity contribution in [2.45, 2.75) is 6.92 Å². The number of nitrogens with one attached hydrogen (secondary N) is 1. The van der Waals surface area contributed by atoms with Crippen LogP contribution in [0.4, 0.5) is 0 Å². The highest BCUT2D eigenvalue weighted by atomic mass is 35.5. The number of carbonyl (C=O) groups is 1. The van der Waals surface area contributed by atoms with Gasteiger partial charge in [0, 0.05) is 6.21 Å². The topological polar surface area (TPSA) is 41.5 Å². The number of halogens is 1. The van der Waals surface area contributed by atoms with E-state index < -0.39 is 0 Å². The zero-order valence-corrected chi connectivity index (χ0v) is 12.3. The van der Waals surface area contributed by atoms with Crippen LogP contribution >= 0.6 is 11.6 Å². The lowest BCUT2D eigenvalue weighted by Crippen LogP contribution is -2.17. The van der Waals surface area contributed by atoms with Gasteiger partial charge in [-0.15, -0.1) is 0 Å². The van der Waals surface area contributed by atoms with Crippen LogP contribution in [0.3, 0.4) is 0 Å². The molecule has 0 aliphatic rings. The second-order valence-corrected chi connectivity index (χ2v) is 4.88. The minimum atomic E-state index is -0.329. The zero-order chi connectivity index (χ0) is 15.1. The summed E-state index contributed by atoms with van der Waals surface area (Å²) >= 11 is 6.02. The van der Waals surface area contributed by atoms with Gasteiger partial charge in [-0.3, -0.25) is 4.79 Å². The quantitative estimate of drug-likeness (QED) is 0.671. The van der Waals surface area contributed by atoms with Gasteiger partial charge in [-0.25, -0.2) is 5.43 Å². The molecule has 0 aliphatic carbocycles. The van der Waals surface area contributed by atoms with E-state index in [1.54, 1.807) is 18.2 Å². The third kappa shape index (κ3) is 4.58. The van der Waals surface area contributed by atoms with Crippen molar-refractivity contribution in [3.05, 3.63) is 76.3 Å². The van der Waals surface area contributed by atoms with Crippen LogP contribution in [-0.4, -0.2) is 12.1 Å². The highest BCUT2D eigenvalue weighted by molar-refractivity contribution is 6.33. The molecule has 0 spiro atoms. The fourth-order valence-electron chi connectivity index (χ4n) is 1.72. The van der Waals surface area contributed by atoms with Crippen LogP contribution < -0.4 is 5.43 Å². The molecular weight excluding hydrogens is 284 g/mol. The molecule has 0 heterocycles. The largest absolute Gasteiger partial charge is 0.272 e. The summed E-state index contributed by atoms with van der Waals surface area (Å²) in [6.45, 7) is 1.92. The van der Waals surface area contributed by atoms with Crippen molar-refractivity contribution in [1.82, 2.24) is 5.43 Å². The maximum atomic E-state index is 11.9. The number of hydrogen-bond donors (Lipinski definition) is 1. The van der Waals surface area contributed by atoms with Crippen molar-refractivity contribution in [2.24, 2.45) is 5.10 Å². The van der Waals surface area contributed by atoms with E-state index in [-0.39, 0.29) is 5.91 Å². The number of allylic oxidation sites excluding steroid dienone is 1. The van der Waals surface area contributed by atoms with Crippen LogP contribution in [0.1, 0.15) is 21.5 Å². The lowest BCUT2D eigenvalue weighted by atomic mass is 10.1. The lowest BCUT2D eigenvalue weighted by Gasteiger charge is -2.02. The highest BCUT2D eigenvalue weighted by Crippen LogP contribution is 2.17. The van der Waals surface area contributed by atoms with Crippen LogP contribution in [0.25, 0.3) is 6.08 Å². The van der Waals surface area contributed by atoms with Crippen molar-refractivity contribution in [2.75, 3.05) is 0 Å². The molecule has 0 atom stereocenters. The molecule has 2 aromatic rings. The van der Waals surface area contributed by atoms with Crippen molar-refractivity contribution in [3.8, 4) is 0 Å². The van der Waals surface area contributed by atoms with Crippen LogP contribution in [-0.2, 0) is 0 Å². The second kappa shape index (κ2) is 7.41. The molecule has 0 fully saturated rings. The van der Waals surface area contributed by atoms with Crippen LogP contribution in [0, 0.1) is 6.92 Å². The van der Waals surface area contributed by atoms with Crippen LogP contribution in [0.2, 0.25) is 5.02 Å². The molecule has 2 rings (SSSR count). The molecule has 21 heavy (non-hydrogen) atoms. The summed E-state index contributed by atoms with van der Waals surface area (Å²) in [6, 6.07) is 15.1. The number of hydrogen-bond acceptors (Lipinski definition) is 2. The second-order valence-electron chi connectivity index (χ2n) is 4.47. The first-order valence-electron chi connectivity index (χ1n) is 6.48. The molecule has 0 radical (unpaired) electrons. The van der Waals surface area contributed by atoms with Gasteiger partial charge < -0.3 is 0 Å². The van der Waals surface area contributed by atoms with Crippen LogP contribution in [0.5, 0.6) is 0 Å². The standard InChI is InChI=1S/C17H15ClN2O/c1-13-9-10-15(16(18)12-13)17(21)20-19-11-5-8-14-6-3-2-4-7-14/h2-12H,1H3,(H,20,21)/b8-5+,19-11+. The van der Waals surface area contributed by atoms with E-state index in [1.807, 2.05) is 49.4 Å². The number of carbonyl (C=O) groups excluding carboxylic acids is 1. The number of nitrogens with zero attached hydrogens (tertiary/aromatic N) is 1. The Kier molecular flexibility index (Phi) is 5.29. The van der Waals surface area contributed by atoms with E-state index >= 15 is 0 Å². The average molecular weight is 299 g/mol. The Morgan fingerprint density at radius 1 is 1.19 bits per heavy atom. The van der Waals surface area contributed by atoms with Crippen molar-refractivity contribution >= 4 is 29.8 Å². The summed E-state index contributed by atoms with van der Waals surface area (Å²) in [4.78, 5) is 11.9. The summed E-state index contributed by atoms with van der Waals surface area (Å²) in [5, 5.41) is 4.28. The molecule has 2 aromatic carbocycles. The normalized spacial score (nSPS) is 11.1. The summed E-state index contributed by atoms with van der Waals surface area (Å²) in [7, 11) is 0. The Balaban J connectivity index is 1.92. The van der Waals surface area contributed by atoms with E-state index in [0.717, 1.165) is 11.1 Å². The lowest BCUT2D eigenvalue weighted by molar-refractivity contribution is 0.0955. The maximum absolute atomic E-state index is 11.9. The maximum Gasteiger partial charge on any atom is 0.272 e. The summed E-state index contributed by atoms with van der Waals surface area (Å²) < 4.78 is 0. The molecule has 0 aromatic heterocycles. The molecule has 1 N–H and O–H groups in total. The van der Waals surface area contributed by atoms with Crippen molar-refractivity contribution < 1.29 is 4.79 Å². The Bertz CT molecular complexity index is 678. The van der Waals surface area contributed by atoms with Crippen LogP contribution in [0.15, 0.2) is 59.7 Å². The molecule has 0 saturated heterocycles. The predicted octanol–water partition coefficient (Wildman–Crippen LogP) is 4.08. The van der Waals surface area contributed by atoms with Gasteiger partial charge in [0.1, 0.15) is 0 Å². The van der Waals surface area contributed by atoms with Gasteiger partial charge in [0.25, 0.3) is 5.91 Å². The molecule has 0 unspecified atom stereocenters. The van der Waals surface area contributed by atoms with Gasteiger partial charge >= 0.3 is 0 Å². The number of aryl methyl sites for hydroxylation is 1. The Hall–Kier alpha value is -2.39. The third-order valence-corrected chi connectivity index (χ3v) is 3.10. The minimum absolute atomic E-state index is 0.329. The zero-order valence-electron chi connectivity index (χ0n) is 11.6. The summed E-state index contributed by atoms with van der Waals surface area (Å²) in [5.74, 6) is -0.329. The van der Waals surface area contributed by atoms with Gasteiger partial charge in [0.15, 0.2) is 0 Å². The number of amides is 1. The third-order valence-electron chi connectivity index (χ3n) is 2.78. The fraction of sp³-hybridized carbons (Fsp3) is 0.0588. The van der Waals surface area contributed by atoms with E-state index in [1.165, 1.54) is 6.21 Å². The van der Waals surface area contributed by atoms with Gasteiger partial charge in [0.2, 0.25) is 0 Å². The first-order chi connectivity index (χ1) is 10.2. The summed E-state index contributed by atoms with van der Waals surface area (Å²) in [6.07, 6.45) is 5.17. The smallest absolute Gasteiger partial charge is 0.267 e. The molecular formula is C17H15ClN2O. The molecule has 3 nitrogen and oxygen atoms in total. The van der Waals surface area contributed by atoms with Gasteiger partial charge in [-0.1, -0.05) is 54.1 Å². The number of hydrazone groups is 1. The molecule has 0 saturated carbocycles. The van der Waals surface area contributed by atoms with E-state index in [0.29, 0.717) is 10.6 Å². The van der Waals surface area contributed by atoms with Crippen molar-refractivity contribution in [3.63, 3.8) is 0 Å². The van der Waals surface area contributed by atoms with E-state index in [9.17, 15) is 4.79 Å². The molecule has 1 amide bonds. The van der Waals surface area contributed by atoms with Gasteiger partial charge in [0.05, 0.1) is 10.6 Å². The minimum Gasteiger partial charge on any atom is -0.267 e. The molecule has 0 bridgehead atoms. The Labute approximate surface area is 129 Å². The van der Waals surface area contributed by atoms with E-state index in [4.69, 9.17) is 11.6 Å². The number of rotatable bonds is 4. The SMILES string of the molecule is Cc1ccc(C(=O)N/N=C/C=C/c2ccccc2)c(Cl)c1. The molecule has 106 valence electrons. The average Bonchev–Trinajstić information content (AvgIpc) is 2.47. The Morgan fingerprint density at radius 2 is 1.95 bits per heavy atom. The van der Waals surface area contributed by atoms with Crippen molar-refractivity contribution in [1.29, 1.82) is 0 Å². The van der Waals surface area contributed by atoms with E-state index in [2.05, 4.69) is 10.5 Å². The fourth-order valence-corrected chi connectivity index (χ4v) is 2.04. The molecule has 4 heteroatoms. The Morgan fingerprint density at radius 3 is 2.67 bits per heavy atom. The first kappa shape index (κ1) is 15.0. The number of benzene rings is 2. The molecule has 0 aliphatic heterocycles. The summed E-state index contributed by atoms with van der Waals surface area (Å²) in [5.41, 5.74) is 4.92.